The third kappa shape index (κ3) is 3.76. The first-order valence-corrected chi connectivity index (χ1v) is 5.27. The highest BCUT2D eigenvalue weighted by Crippen LogP contribution is 2.24. The Morgan fingerprint density at radius 2 is 2.12 bits per heavy atom. The van der Waals surface area contributed by atoms with Crippen LogP contribution in [0.3, 0.4) is 0 Å². The number of esters is 1. The quantitative estimate of drug-likeness (QED) is 0.745. The van der Waals surface area contributed by atoms with E-state index in [-0.39, 0.29) is 25.0 Å². The highest BCUT2D eigenvalue weighted by atomic mass is 19.3. The molecule has 1 aromatic carbocycles. The third-order valence-electron chi connectivity index (χ3n) is 2.25. The topological polar surface area (TPSA) is 26.3 Å². The zero-order valence-electron chi connectivity index (χ0n) is 9.38. The molecule has 94 valence electrons. The molecule has 1 aromatic rings. The minimum absolute atomic E-state index is 0.0164. The molecule has 0 atom stereocenters. The smallest absolute Gasteiger partial charge is 0.306 e. The monoisotopic (exact) mass is 246 g/mol. The number of aryl methyl sites for hydroxylation is 1. The van der Waals surface area contributed by atoms with Crippen LogP contribution in [0, 0.1) is 5.82 Å². The Hall–Kier alpha value is -1.52. The first-order chi connectivity index (χ1) is 8.06. The molecule has 0 aliphatic rings. The summed E-state index contributed by atoms with van der Waals surface area (Å²) < 4.78 is 43.0. The molecule has 0 saturated carbocycles. The molecular weight excluding hydrogens is 233 g/mol. The third-order valence-corrected chi connectivity index (χ3v) is 2.25. The van der Waals surface area contributed by atoms with Crippen LogP contribution in [0.1, 0.15) is 30.9 Å². The second-order valence-electron chi connectivity index (χ2n) is 3.43. The van der Waals surface area contributed by atoms with Crippen LogP contribution in [0.4, 0.5) is 13.2 Å². The summed E-state index contributed by atoms with van der Waals surface area (Å²) in [4.78, 5) is 11.1. The zero-order chi connectivity index (χ0) is 12.8. The van der Waals surface area contributed by atoms with Crippen molar-refractivity contribution in [3.8, 4) is 0 Å². The molecule has 0 aliphatic heterocycles. The SMILES string of the molecule is CCOC(=O)CCc1cccc(C(F)F)c1F. The molecule has 0 heterocycles. The summed E-state index contributed by atoms with van der Waals surface area (Å²) in [5, 5.41) is 0. The van der Waals surface area contributed by atoms with Gasteiger partial charge in [-0.05, 0) is 18.9 Å². The van der Waals surface area contributed by atoms with Crippen molar-refractivity contribution in [3.63, 3.8) is 0 Å². The zero-order valence-corrected chi connectivity index (χ0v) is 9.38. The van der Waals surface area contributed by atoms with Gasteiger partial charge in [0.15, 0.2) is 0 Å². The summed E-state index contributed by atoms with van der Waals surface area (Å²) in [6.07, 6.45) is -2.81. The van der Waals surface area contributed by atoms with Gasteiger partial charge in [-0.25, -0.2) is 13.2 Å². The second-order valence-corrected chi connectivity index (χ2v) is 3.43. The van der Waals surface area contributed by atoms with Gasteiger partial charge in [0, 0.05) is 6.42 Å². The maximum atomic E-state index is 13.5. The maximum absolute atomic E-state index is 13.5. The van der Waals surface area contributed by atoms with E-state index in [0.717, 1.165) is 6.07 Å². The van der Waals surface area contributed by atoms with Gasteiger partial charge in [-0.2, -0.15) is 0 Å². The van der Waals surface area contributed by atoms with Gasteiger partial charge in [0.05, 0.1) is 12.2 Å². The van der Waals surface area contributed by atoms with Crippen LogP contribution < -0.4 is 0 Å². The number of ether oxygens (including phenoxy) is 1. The van der Waals surface area contributed by atoms with Crippen molar-refractivity contribution in [1.82, 2.24) is 0 Å². The van der Waals surface area contributed by atoms with E-state index in [1.54, 1.807) is 6.92 Å². The highest BCUT2D eigenvalue weighted by molar-refractivity contribution is 5.69. The van der Waals surface area contributed by atoms with E-state index in [9.17, 15) is 18.0 Å². The predicted molar refractivity (Wildman–Crippen MR) is 56.3 cm³/mol. The van der Waals surface area contributed by atoms with Crippen molar-refractivity contribution in [2.45, 2.75) is 26.2 Å². The van der Waals surface area contributed by atoms with Gasteiger partial charge < -0.3 is 4.74 Å². The lowest BCUT2D eigenvalue weighted by atomic mass is 10.1. The summed E-state index contributed by atoms with van der Waals surface area (Å²) in [6.45, 7) is 1.91. The van der Waals surface area contributed by atoms with Crippen molar-refractivity contribution in [3.05, 3.63) is 35.1 Å². The summed E-state index contributed by atoms with van der Waals surface area (Å²) in [7, 11) is 0. The van der Waals surface area contributed by atoms with Crippen LogP contribution in [-0.2, 0) is 16.0 Å². The lowest BCUT2D eigenvalue weighted by Gasteiger charge is -2.07. The van der Waals surface area contributed by atoms with Crippen LogP contribution in [0.2, 0.25) is 0 Å². The fourth-order valence-corrected chi connectivity index (χ4v) is 1.43. The van der Waals surface area contributed by atoms with Crippen LogP contribution >= 0.6 is 0 Å². The summed E-state index contributed by atoms with van der Waals surface area (Å²) in [5.41, 5.74) is -0.526. The summed E-state index contributed by atoms with van der Waals surface area (Å²) in [6, 6.07) is 3.78. The van der Waals surface area contributed by atoms with Crippen LogP contribution in [0.15, 0.2) is 18.2 Å². The van der Waals surface area contributed by atoms with Crippen molar-refractivity contribution in [1.29, 1.82) is 0 Å². The fourth-order valence-electron chi connectivity index (χ4n) is 1.43. The van der Waals surface area contributed by atoms with Crippen LogP contribution in [0.25, 0.3) is 0 Å². The lowest BCUT2D eigenvalue weighted by molar-refractivity contribution is -0.143. The molecule has 0 aromatic heterocycles. The molecule has 0 unspecified atom stereocenters. The number of hydrogen-bond donors (Lipinski definition) is 0. The van der Waals surface area contributed by atoms with E-state index in [4.69, 9.17) is 0 Å². The Bertz CT molecular complexity index is 391. The minimum atomic E-state index is -2.85. The van der Waals surface area contributed by atoms with E-state index >= 15 is 0 Å². The molecule has 0 bridgehead atoms. The average Bonchev–Trinajstić information content (AvgIpc) is 2.27. The molecule has 0 amide bonds. The number of carbonyl (C=O) groups excluding carboxylic acids is 1. The van der Waals surface area contributed by atoms with E-state index in [1.807, 2.05) is 0 Å². The van der Waals surface area contributed by atoms with Crippen LogP contribution in [-0.4, -0.2) is 12.6 Å². The Kier molecular flexibility index (Phi) is 5.00. The van der Waals surface area contributed by atoms with Gasteiger partial charge in [0.1, 0.15) is 5.82 Å². The first-order valence-electron chi connectivity index (χ1n) is 5.27. The van der Waals surface area contributed by atoms with Crippen molar-refractivity contribution >= 4 is 5.97 Å². The van der Waals surface area contributed by atoms with Gasteiger partial charge in [0.25, 0.3) is 6.43 Å². The molecule has 0 fully saturated rings. The van der Waals surface area contributed by atoms with Gasteiger partial charge in [0.2, 0.25) is 0 Å². The molecule has 17 heavy (non-hydrogen) atoms. The molecule has 5 heteroatoms. The summed E-state index contributed by atoms with van der Waals surface area (Å²) in [5.74, 6) is -1.40. The molecule has 0 radical (unpaired) electrons. The van der Waals surface area contributed by atoms with Gasteiger partial charge in [-0.15, -0.1) is 0 Å². The van der Waals surface area contributed by atoms with E-state index < -0.39 is 23.8 Å². The molecule has 0 spiro atoms. The Morgan fingerprint density at radius 3 is 2.71 bits per heavy atom. The Balaban J connectivity index is 2.72. The second kappa shape index (κ2) is 6.27. The van der Waals surface area contributed by atoms with E-state index in [2.05, 4.69) is 4.74 Å². The minimum Gasteiger partial charge on any atom is -0.466 e. The first kappa shape index (κ1) is 13.5. The lowest BCUT2D eigenvalue weighted by Crippen LogP contribution is -2.06. The maximum Gasteiger partial charge on any atom is 0.306 e. The molecule has 0 saturated heterocycles. The molecule has 0 aliphatic carbocycles. The van der Waals surface area contributed by atoms with Crippen molar-refractivity contribution in [2.24, 2.45) is 0 Å². The van der Waals surface area contributed by atoms with Crippen LogP contribution in [0.5, 0.6) is 0 Å². The number of carbonyl (C=O) groups is 1. The Labute approximate surface area is 97.4 Å². The van der Waals surface area contributed by atoms with Gasteiger partial charge >= 0.3 is 5.97 Å². The average molecular weight is 246 g/mol. The number of halogens is 3. The predicted octanol–water partition coefficient (Wildman–Crippen LogP) is 3.26. The molecule has 2 nitrogen and oxygen atoms in total. The number of benzene rings is 1. The van der Waals surface area contributed by atoms with Crippen molar-refractivity contribution in [2.75, 3.05) is 6.61 Å². The Morgan fingerprint density at radius 1 is 1.41 bits per heavy atom. The van der Waals surface area contributed by atoms with E-state index in [0.29, 0.717) is 0 Å². The van der Waals surface area contributed by atoms with Gasteiger partial charge in [-0.3, -0.25) is 4.79 Å². The molecule has 0 N–H and O–H groups in total. The summed E-state index contributed by atoms with van der Waals surface area (Å²) >= 11 is 0. The normalized spacial score (nSPS) is 10.6. The standard InChI is InChI=1S/C12H13F3O2/c1-2-17-10(16)7-6-8-4-3-5-9(11(8)13)12(14)15/h3-5,12H,2,6-7H2,1H3. The molecular formula is C12H13F3O2. The number of hydrogen-bond acceptors (Lipinski definition) is 2. The van der Waals surface area contributed by atoms with E-state index in [1.165, 1.54) is 12.1 Å². The fraction of sp³-hybridized carbons (Fsp3) is 0.417. The molecule has 1 rings (SSSR count). The number of alkyl halides is 2. The highest BCUT2D eigenvalue weighted by Gasteiger charge is 2.16. The van der Waals surface area contributed by atoms with Crippen molar-refractivity contribution < 1.29 is 22.7 Å². The number of rotatable bonds is 5. The largest absolute Gasteiger partial charge is 0.466 e. The van der Waals surface area contributed by atoms with Gasteiger partial charge in [-0.1, -0.05) is 18.2 Å².